The van der Waals surface area contributed by atoms with E-state index >= 15 is 0 Å². The van der Waals surface area contributed by atoms with Gasteiger partial charge >= 0.3 is 5.97 Å². The number of carbonyl (C=O) groups is 1. The molecule has 0 spiro atoms. The van der Waals surface area contributed by atoms with Crippen LogP contribution < -0.4 is 4.74 Å². The molecule has 1 heterocycles. The maximum absolute atomic E-state index is 12.4. The maximum atomic E-state index is 12.4. The number of aryl methyl sites for hydroxylation is 1. The molecule has 2 aromatic rings. The van der Waals surface area contributed by atoms with Crippen LogP contribution in [0.3, 0.4) is 0 Å². The molecule has 0 amide bonds. The maximum Gasteiger partial charge on any atom is 0.331 e. The average molecular weight is 393 g/mol. The summed E-state index contributed by atoms with van der Waals surface area (Å²) < 4.78 is 5.43. The first-order valence-electron chi connectivity index (χ1n) is 10.6. The van der Waals surface area contributed by atoms with Crippen molar-refractivity contribution >= 4 is 5.97 Å². The molecule has 1 atom stereocenters. The number of ether oxygens (including phenoxy) is 1. The molecule has 2 rings (SSSR count). The standard InChI is InChI=1S/C25H32N2O2/c1-5-6-7-8-9-10-20-11-16-23(27-17-20)21-12-14-22(15-13-21)29-24(28)25(4,18-26)19(2)3/h11-17,19H,5-10H2,1-4H3. The Labute approximate surface area is 174 Å². The molecule has 154 valence electrons. The second kappa shape index (κ2) is 10.8. The first kappa shape index (κ1) is 22.6. The normalized spacial score (nSPS) is 13.0. The molecule has 0 aliphatic carbocycles. The van der Waals surface area contributed by atoms with Crippen LogP contribution >= 0.6 is 0 Å². The molecule has 1 aromatic heterocycles. The van der Waals surface area contributed by atoms with Crippen LogP contribution in [0.15, 0.2) is 42.6 Å². The molecule has 1 aromatic carbocycles. The highest BCUT2D eigenvalue weighted by Gasteiger charge is 2.39. The quantitative estimate of drug-likeness (QED) is 0.268. The van der Waals surface area contributed by atoms with E-state index in [1.165, 1.54) is 37.7 Å². The summed E-state index contributed by atoms with van der Waals surface area (Å²) in [5.74, 6) is -0.220. The molecule has 4 heteroatoms. The van der Waals surface area contributed by atoms with Gasteiger partial charge in [0.05, 0.1) is 11.8 Å². The number of pyridine rings is 1. The average Bonchev–Trinajstić information content (AvgIpc) is 2.73. The Hall–Kier alpha value is -2.67. The van der Waals surface area contributed by atoms with Gasteiger partial charge in [-0.05, 0) is 61.6 Å². The van der Waals surface area contributed by atoms with Gasteiger partial charge in [-0.1, -0.05) is 52.5 Å². The fourth-order valence-electron chi connectivity index (χ4n) is 2.99. The summed E-state index contributed by atoms with van der Waals surface area (Å²) in [5.41, 5.74) is 1.96. The van der Waals surface area contributed by atoms with Gasteiger partial charge in [-0.2, -0.15) is 5.26 Å². The van der Waals surface area contributed by atoms with E-state index in [1.54, 1.807) is 19.1 Å². The third-order valence-electron chi connectivity index (χ3n) is 5.57. The lowest BCUT2D eigenvalue weighted by Crippen LogP contribution is -2.35. The Balaban J connectivity index is 1.96. The monoisotopic (exact) mass is 392 g/mol. The Morgan fingerprint density at radius 1 is 1.10 bits per heavy atom. The van der Waals surface area contributed by atoms with Gasteiger partial charge in [-0.25, -0.2) is 4.79 Å². The van der Waals surface area contributed by atoms with E-state index in [9.17, 15) is 10.1 Å². The number of nitrogens with zero attached hydrogens (tertiary/aromatic N) is 2. The van der Waals surface area contributed by atoms with Gasteiger partial charge in [-0.3, -0.25) is 4.98 Å². The molecule has 0 N–H and O–H groups in total. The fraction of sp³-hybridized carbons (Fsp3) is 0.480. The van der Waals surface area contributed by atoms with Crippen molar-refractivity contribution in [1.29, 1.82) is 5.26 Å². The third kappa shape index (κ3) is 6.15. The molecule has 0 aliphatic rings. The first-order valence-corrected chi connectivity index (χ1v) is 10.6. The Bertz CT molecular complexity index is 819. The number of benzene rings is 1. The lowest BCUT2D eigenvalue weighted by molar-refractivity contribution is -0.143. The van der Waals surface area contributed by atoms with E-state index in [2.05, 4.69) is 24.0 Å². The molecule has 4 nitrogen and oxygen atoms in total. The molecule has 0 fully saturated rings. The molecule has 29 heavy (non-hydrogen) atoms. The van der Waals surface area contributed by atoms with E-state index < -0.39 is 11.4 Å². The van der Waals surface area contributed by atoms with Gasteiger partial charge in [0.2, 0.25) is 0 Å². The van der Waals surface area contributed by atoms with E-state index in [0.717, 1.165) is 17.7 Å². The van der Waals surface area contributed by atoms with E-state index in [0.29, 0.717) is 5.75 Å². The Morgan fingerprint density at radius 3 is 2.34 bits per heavy atom. The van der Waals surface area contributed by atoms with Crippen LogP contribution in [0.1, 0.15) is 65.4 Å². The molecule has 0 saturated heterocycles. The van der Waals surface area contributed by atoms with Crippen molar-refractivity contribution in [3.8, 4) is 23.1 Å². The summed E-state index contributed by atoms with van der Waals surface area (Å²) in [6.45, 7) is 7.53. The van der Waals surface area contributed by atoms with Crippen LogP contribution in [0.25, 0.3) is 11.3 Å². The van der Waals surface area contributed by atoms with Gasteiger partial charge in [-0.15, -0.1) is 0 Å². The van der Waals surface area contributed by atoms with Crippen LogP contribution in [0.2, 0.25) is 0 Å². The van der Waals surface area contributed by atoms with E-state index in [-0.39, 0.29) is 5.92 Å². The van der Waals surface area contributed by atoms with Crippen molar-refractivity contribution < 1.29 is 9.53 Å². The van der Waals surface area contributed by atoms with Crippen LogP contribution in [0.5, 0.6) is 5.75 Å². The summed E-state index contributed by atoms with van der Waals surface area (Å²) in [7, 11) is 0. The third-order valence-corrected chi connectivity index (χ3v) is 5.57. The summed E-state index contributed by atoms with van der Waals surface area (Å²) >= 11 is 0. The molecule has 1 unspecified atom stereocenters. The molecule has 0 radical (unpaired) electrons. The van der Waals surface area contributed by atoms with Gasteiger partial charge in [0.15, 0.2) is 5.41 Å². The van der Waals surface area contributed by atoms with Crippen LogP contribution in [0.4, 0.5) is 0 Å². The molecule has 0 aliphatic heterocycles. The SMILES string of the molecule is CCCCCCCc1ccc(-c2ccc(OC(=O)C(C)(C#N)C(C)C)cc2)nc1. The van der Waals surface area contributed by atoms with Crippen molar-refractivity contribution in [2.24, 2.45) is 11.3 Å². The molecule has 0 bridgehead atoms. The number of carbonyl (C=O) groups excluding carboxylic acids is 1. The van der Waals surface area contributed by atoms with Gasteiger partial charge in [0.1, 0.15) is 5.75 Å². The number of esters is 1. The molecule has 0 saturated carbocycles. The minimum absolute atomic E-state index is 0.131. The lowest BCUT2D eigenvalue weighted by Gasteiger charge is -2.23. The van der Waals surface area contributed by atoms with Crippen LogP contribution in [-0.4, -0.2) is 11.0 Å². The van der Waals surface area contributed by atoms with Gasteiger partial charge in [0.25, 0.3) is 0 Å². The first-order chi connectivity index (χ1) is 13.9. The Morgan fingerprint density at radius 2 is 1.79 bits per heavy atom. The Kier molecular flexibility index (Phi) is 8.39. The zero-order chi connectivity index (χ0) is 21.3. The van der Waals surface area contributed by atoms with Crippen LogP contribution in [0, 0.1) is 22.7 Å². The predicted molar refractivity (Wildman–Crippen MR) is 116 cm³/mol. The summed E-state index contributed by atoms with van der Waals surface area (Å²) in [6, 6.07) is 13.5. The van der Waals surface area contributed by atoms with E-state index in [1.807, 2.05) is 38.2 Å². The van der Waals surface area contributed by atoms with Crippen molar-refractivity contribution in [2.45, 2.75) is 66.2 Å². The highest BCUT2D eigenvalue weighted by molar-refractivity contribution is 5.82. The second-order valence-electron chi connectivity index (χ2n) is 8.10. The topological polar surface area (TPSA) is 63.0 Å². The number of unbranched alkanes of at least 4 members (excludes halogenated alkanes) is 4. The largest absolute Gasteiger partial charge is 0.425 e. The zero-order valence-corrected chi connectivity index (χ0v) is 18.1. The number of hydrogen-bond donors (Lipinski definition) is 0. The second-order valence-corrected chi connectivity index (χ2v) is 8.10. The summed E-state index contributed by atoms with van der Waals surface area (Å²) in [4.78, 5) is 17.0. The van der Waals surface area contributed by atoms with Gasteiger partial charge in [0, 0.05) is 11.8 Å². The summed E-state index contributed by atoms with van der Waals surface area (Å²) in [5, 5.41) is 9.35. The van der Waals surface area contributed by atoms with Crippen molar-refractivity contribution in [3.05, 3.63) is 48.2 Å². The number of hydrogen-bond acceptors (Lipinski definition) is 4. The van der Waals surface area contributed by atoms with E-state index in [4.69, 9.17) is 4.74 Å². The molecular weight excluding hydrogens is 360 g/mol. The minimum atomic E-state index is -1.16. The number of nitriles is 1. The minimum Gasteiger partial charge on any atom is -0.425 e. The summed E-state index contributed by atoms with van der Waals surface area (Å²) in [6.07, 6.45) is 9.39. The predicted octanol–water partition coefficient (Wildman–Crippen LogP) is 6.35. The van der Waals surface area contributed by atoms with Crippen molar-refractivity contribution in [1.82, 2.24) is 4.98 Å². The van der Waals surface area contributed by atoms with Crippen molar-refractivity contribution in [2.75, 3.05) is 0 Å². The zero-order valence-electron chi connectivity index (χ0n) is 18.1. The highest BCUT2D eigenvalue weighted by atomic mass is 16.5. The smallest absolute Gasteiger partial charge is 0.331 e. The fourth-order valence-corrected chi connectivity index (χ4v) is 2.99. The lowest BCUT2D eigenvalue weighted by atomic mass is 9.81. The van der Waals surface area contributed by atoms with Gasteiger partial charge < -0.3 is 4.74 Å². The number of rotatable bonds is 10. The van der Waals surface area contributed by atoms with Crippen LogP contribution in [-0.2, 0) is 11.2 Å². The van der Waals surface area contributed by atoms with Crippen molar-refractivity contribution in [3.63, 3.8) is 0 Å². The highest BCUT2D eigenvalue weighted by Crippen LogP contribution is 2.29. The number of aromatic nitrogens is 1. The molecular formula is C25H32N2O2.